The van der Waals surface area contributed by atoms with Gasteiger partial charge in [0.15, 0.2) is 5.11 Å². The minimum absolute atomic E-state index is 0.0711. The molecule has 0 fully saturated rings. The molecule has 0 spiro atoms. The standard InChI is InChI=1S/C26H23N5O2S2/c1-16-15-30(18-10-6-4-7-11-18)25-20(16)14-21(35-25)23(32)28-26(34)27-22-17(2)29(3)31(24(22)33)19-12-8-5-9-13-19/h4-15H,1-3H3,(H2,27,28,32,34). The minimum Gasteiger partial charge on any atom is -0.326 e. The molecule has 7 nitrogen and oxygen atoms in total. The predicted octanol–water partition coefficient (Wildman–Crippen LogP) is 4.93. The Bertz CT molecular complexity index is 1630. The van der Waals surface area contributed by atoms with E-state index < -0.39 is 0 Å². The number of hydrogen-bond donors (Lipinski definition) is 2. The van der Waals surface area contributed by atoms with E-state index in [-0.39, 0.29) is 16.6 Å². The summed E-state index contributed by atoms with van der Waals surface area (Å²) in [5.41, 5.74) is 3.63. The van der Waals surface area contributed by atoms with E-state index in [1.54, 1.807) is 16.4 Å². The molecular weight excluding hydrogens is 478 g/mol. The van der Waals surface area contributed by atoms with Crippen molar-refractivity contribution in [1.29, 1.82) is 0 Å². The van der Waals surface area contributed by atoms with Crippen molar-refractivity contribution in [3.8, 4) is 11.4 Å². The number of amides is 1. The lowest BCUT2D eigenvalue weighted by molar-refractivity contribution is 0.0981. The molecule has 0 saturated carbocycles. The third-order valence-corrected chi connectivity index (χ3v) is 7.29. The SMILES string of the molecule is Cc1cn(-c2ccccc2)c2sc(C(=O)NC(=S)Nc3c(C)n(C)n(-c4ccccc4)c3=O)cc12. The molecule has 0 aliphatic carbocycles. The van der Waals surface area contributed by atoms with Crippen molar-refractivity contribution < 1.29 is 4.79 Å². The number of carbonyl (C=O) groups is 1. The summed E-state index contributed by atoms with van der Waals surface area (Å²) in [5, 5.41) is 6.75. The van der Waals surface area contributed by atoms with Crippen molar-refractivity contribution in [2.24, 2.45) is 7.05 Å². The quantitative estimate of drug-likeness (QED) is 0.343. The molecule has 0 aliphatic heterocycles. The van der Waals surface area contributed by atoms with Gasteiger partial charge in [-0.3, -0.25) is 19.6 Å². The van der Waals surface area contributed by atoms with Gasteiger partial charge in [-0.25, -0.2) is 4.68 Å². The molecule has 35 heavy (non-hydrogen) atoms. The van der Waals surface area contributed by atoms with Gasteiger partial charge in [-0.2, -0.15) is 0 Å². The molecule has 3 heterocycles. The van der Waals surface area contributed by atoms with Crippen LogP contribution in [0.2, 0.25) is 0 Å². The number of aryl methyl sites for hydroxylation is 1. The molecule has 0 unspecified atom stereocenters. The van der Waals surface area contributed by atoms with Crippen LogP contribution in [0, 0.1) is 13.8 Å². The van der Waals surface area contributed by atoms with Crippen molar-refractivity contribution in [1.82, 2.24) is 19.2 Å². The van der Waals surface area contributed by atoms with E-state index in [2.05, 4.69) is 21.4 Å². The van der Waals surface area contributed by atoms with E-state index in [0.717, 1.165) is 27.2 Å². The Morgan fingerprint density at radius 1 is 0.971 bits per heavy atom. The van der Waals surface area contributed by atoms with Crippen LogP contribution in [0.15, 0.2) is 77.7 Å². The molecule has 0 bridgehead atoms. The molecule has 1 amide bonds. The van der Waals surface area contributed by atoms with Gasteiger partial charge in [0.2, 0.25) is 0 Å². The minimum atomic E-state index is -0.320. The van der Waals surface area contributed by atoms with Crippen molar-refractivity contribution >= 4 is 50.5 Å². The molecule has 3 aromatic heterocycles. The number of para-hydroxylation sites is 2. The Labute approximate surface area is 211 Å². The molecular formula is C26H23N5O2S2. The fraction of sp³-hybridized carbons (Fsp3) is 0.115. The van der Waals surface area contributed by atoms with Gasteiger partial charge in [0.25, 0.3) is 11.5 Å². The largest absolute Gasteiger partial charge is 0.326 e. The summed E-state index contributed by atoms with van der Waals surface area (Å²) in [6.45, 7) is 3.85. The highest BCUT2D eigenvalue weighted by molar-refractivity contribution is 7.80. The highest BCUT2D eigenvalue weighted by Gasteiger charge is 2.20. The van der Waals surface area contributed by atoms with Crippen LogP contribution in [0.5, 0.6) is 0 Å². The Kier molecular flexibility index (Phi) is 5.88. The van der Waals surface area contributed by atoms with Crippen LogP contribution >= 0.6 is 23.6 Å². The topological polar surface area (TPSA) is 73.0 Å². The van der Waals surface area contributed by atoms with Gasteiger partial charge >= 0.3 is 0 Å². The first-order valence-corrected chi connectivity index (χ1v) is 12.2. The lowest BCUT2D eigenvalue weighted by atomic mass is 10.2. The number of benzene rings is 2. The molecule has 9 heteroatoms. The first-order chi connectivity index (χ1) is 16.8. The van der Waals surface area contributed by atoms with E-state index in [0.29, 0.717) is 16.3 Å². The van der Waals surface area contributed by atoms with Crippen LogP contribution < -0.4 is 16.2 Å². The third kappa shape index (κ3) is 4.09. The summed E-state index contributed by atoms with van der Waals surface area (Å²) >= 11 is 6.79. The second-order valence-electron chi connectivity index (χ2n) is 8.19. The number of thiophene rings is 1. The van der Waals surface area contributed by atoms with Gasteiger partial charge in [-0.05, 0) is 62.0 Å². The Hall–Kier alpha value is -3.95. The van der Waals surface area contributed by atoms with E-state index in [1.807, 2.05) is 80.6 Å². The smallest absolute Gasteiger partial charge is 0.295 e. The molecule has 0 saturated heterocycles. The third-order valence-electron chi connectivity index (χ3n) is 5.96. The van der Waals surface area contributed by atoms with Crippen LogP contribution in [-0.4, -0.2) is 25.0 Å². The average molecular weight is 502 g/mol. The summed E-state index contributed by atoms with van der Waals surface area (Å²) < 4.78 is 5.39. The normalized spacial score (nSPS) is 11.1. The number of carbonyl (C=O) groups excluding carboxylic acids is 1. The predicted molar refractivity (Wildman–Crippen MR) is 145 cm³/mol. The van der Waals surface area contributed by atoms with E-state index >= 15 is 0 Å². The van der Waals surface area contributed by atoms with Crippen molar-refractivity contribution in [2.45, 2.75) is 13.8 Å². The van der Waals surface area contributed by atoms with Gasteiger partial charge in [-0.1, -0.05) is 36.4 Å². The number of hydrogen-bond acceptors (Lipinski definition) is 4. The Morgan fingerprint density at radius 2 is 1.60 bits per heavy atom. The van der Waals surface area contributed by atoms with Gasteiger partial charge in [-0.15, -0.1) is 11.3 Å². The first-order valence-electron chi connectivity index (χ1n) is 11.0. The lowest BCUT2D eigenvalue weighted by Crippen LogP contribution is -2.35. The van der Waals surface area contributed by atoms with Crippen molar-refractivity contribution in [3.05, 3.63) is 99.4 Å². The molecule has 176 valence electrons. The van der Waals surface area contributed by atoms with Crippen LogP contribution in [0.1, 0.15) is 20.9 Å². The average Bonchev–Trinajstić information content (AvgIpc) is 3.49. The first kappa shape index (κ1) is 22.8. The number of aromatic nitrogens is 3. The molecule has 0 radical (unpaired) electrons. The zero-order valence-electron chi connectivity index (χ0n) is 19.4. The highest BCUT2D eigenvalue weighted by Crippen LogP contribution is 2.32. The second kappa shape index (κ2) is 9.01. The van der Waals surface area contributed by atoms with Crippen LogP contribution in [-0.2, 0) is 7.05 Å². The van der Waals surface area contributed by atoms with Gasteiger partial charge in [0.1, 0.15) is 10.5 Å². The number of nitrogens with zero attached hydrogens (tertiary/aromatic N) is 3. The Morgan fingerprint density at radius 3 is 2.26 bits per heavy atom. The summed E-state index contributed by atoms with van der Waals surface area (Å²) in [6, 6.07) is 21.2. The summed E-state index contributed by atoms with van der Waals surface area (Å²) in [4.78, 5) is 27.6. The van der Waals surface area contributed by atoms with Gasteiger partial charge < -0.3 is 9.88 Å². The lowest BCUT2D eigenvalue weighted by Gasteiger charge is -2.08. The number of nitrogens with one attached hydrogen (secondary N) is 2. The van der Waals surface area contributed by atoms with Crippen molar-refractivity contribution in [2.75, 3.05) is 5.32 Å². The fourth-order valence-electron chi connectivity index (χ4n) is 4.08. The number of anilines is 1. The molecule has 2 N–H and O–H groups in total. The van der Waals surface area contributed by atoms with E-state index in [1.165, 1.54) is 11.3 Å². The van der Waals surface area contributed by atoms with Crippen LogP contribution in [0.3, 0.4) is 0 Å². The summed E-state index contributed by atoms with van der Waals surface area (Å²) in [5.74, 6) is -0.320. The van der Waals surface area contributed by atoms with Crippen LogP contribution in [0.4, 0.5) is 5.69 Å². The maximum atomic E-state index is 13.1. The molecule has 0 aliphatic rings. The summed E-state index contributed by atoms with van der Waals surface area (Å²) in [6.07, 6.45) is 2.07. The number of rotatable bonds is 4. The molecule has 5 rings (SSSR count). The second-order valence-corrected chi connectivity index (χ2v) is 9.63. The van der Waals surface area contributed by atoms with Crippen molar-refractivity contribution in [3.63, 3.8) is 0 Å². The zero-order chi connectivity index (χ0) is 24.7. The maximum Gasteiger partial charge on any atom is 0.295 e. The molecule has 5 aromatic rings. The maximum absolute atomic E-state index is 13.1. The fourth-order valence-corrected chi connectivity index (χ4v) is 5.39. The van der Waals surface area contributed by atoms with Gasteiger partial charge in [0.05, 0.1) is 16.3 Å². The summed E-state index contributed by atoms with van der Waals surface area (Å²) in [7, 11) is 1.80. The number of fused-ring (bicyclic) bond motifs is 1. The van der Waals surface area contributed by atoms with E-state index in [9.17, 15) is 9.59 Å². The highest BCUT2D eigenvalue weighted by atomic mass is 32.1. The molecule has 2 aromatic carbocycles. The Balaban J connectivity index is 1.38. The molecule has 0 atom stereocenters. The van der Waals surface area contributed by atoms with Crippen LogP contribution in [0.25, 0.3) is 21.6 Å². The number of thiocarbonyl (C=S) groups is 1. The van der Waals surface area contributed by atoms with E-state index in [4.69, 9.17) is 12.2 Å². The van der Waals surface area contributed by atoms with Gasteiger partial charge in [0, 0.05) is 24.3 Å². The zero-order valence-corrected chi connectivity index (χ0v) is 21.0. The monoisotopic (exact) mass is 501 g/mol.